The van der Waals surface area contributed by atoms with Crippen molar-refractivity contribution in [3.8, 4) is 0 Å². The van der Waals surface area contributed by atoms with Crippen LogP contribution in [0, 0.1) is 5.92 Å². The largest absolute Gasteiger partial charge is 0.358 e. The van der Waals surface area contributed by atoms with Crippen LogP contribution in [0.3, 0.4) is 0 Å². The molecule has 1 saturated heterocycles. The summed E-state index contributed by atoms with van der Waals surface area (Å²) in [6.45, 7) is 3.77. The van der Waals surface area contributed by atoms with E-state index in [-0.39, 0.29) is 6.10 Å². The molecule has 3 atom stereocenters. The van der Waals surface area contributed by atoms with Crippen LogP contribution in [-0.2, 0) is 11.2 Å². The molecule has 1 aromatic rings. The second-order valence-electron chi connectivity index (χ2n) is 7.58. The number of rotatable bonds is 4. The Bertz CT molecular complexity index is 576. The highest BCUT2D eigenvalue weighted by atomic mass is 19.3. The molecule has 1 aliphatic carbocycles. The van der Waals surface area contributed by atoms with Crippen LogP contribution in [0.2, 0.25) is 0 Å². The Morgan fingerprint density at radius 3 is 2.50 bits per heavy atom. The lowest BCUT2D eigenvalue weighted by Gasteiger charge is -2.34. The van der Waals surface area contributed by atoms with Gasteiger partial charge in [-0.1, -0.05) is 42.8 Å². The monoisotopic (exact) mass is 334 g/mol. The van der Waals surface area contributed by atoms with Gasteiger partial charge in [-0.25, -0.2) is 0 Å². The maximum atomic E-state index is 13.6. The van der Waals surface area contributed by atoms with Crippen molar-refractivity contribution < 1.29 is 13.5 Å². The molecular weight excluding hydrogens is 306 g/mol. The fraction of sp³-hybridized carbons (Fsp3) is 0.619. The van der Waals surface area contributed by atoms with Gasteiger partial charge in [-0.3, -0.25) is 0 Å². The van der Waals surface area contributed by atoms with E-state index in [0.29, 0.717) is 18.8 Å². The summed E-state index contributed by atoms with van der Waals surface area (Å²) in [7, 11) is 0. The van der Waals surface area contributed by atoms with Crippen LogP contribution in [-0.4, -0.2) is 12.2 Å². The van der Waals surface area contributed by atoms with Crippen molar-refractivity contribution in [3.05, 3.63) is 47.0 Å². The number of ether oxygens (including phenoxy) is 1. The zero-order valence-corrected chi connectivity index (χ0v) is 14.7. The predicted octanol–water partition coefficient (Wildman–Crippen LogP) is 6.24. The first-order valence-corrected chi connectivity index (χ1v) is 9.24. The maximum absolute atomic E-state index is 13.6. The van der Waals surface area contributed by atoms with E-state index in [9.17, 15) is 8.78 Å². The van der Waals surface area contributed by atoms with Gasteiger partial charge in [-0.2, -0.15) is 8.78 Å². The first-order chi connectivity index (χ1) is 11.4. The molecule has 24 heavy (non-hydrogen) atoms. The lowest BCUT2D eigenvalue weighted by atomic mass is 9.84. The minimum atomic E-state index is -2.96. The molecule has 0 aromatic heterocycles. The molecule has 1 nitrogen and oxygen atoms in total. The van der Waals surface area contributed by atoms with Crippen molar-refractivity contribution >= 4 is 0 Å². The molecular formula is C21H28F2O. The summed E-state index contributed by atoms with van der Waals surface area (Å²) in [4.78, 5) is 0. The van der Waals surface area contributed by atoms with Crippen LogP contribution < -0.4 is 0 Å². The van der Waals surface area contributed by atoms with E-state index in [0.717, 1.165) is 19.3 Å². The number of hydrogen-bond acceptors (Lipinski definition) is 1. The molecule has 0 saturated carbocycles. The summed E-state index contributed by atoms with van der Waals surface area (Å²) in [6.07, 6.45) is 5.39. The van der Waals surface area contributed by atoms with Gasteiger partial charge < -0.3 is 4.74 Å². The number of allylic oxidation sites excluding steroid dienone is 2. The van der Waals surface area contributed by atoms with Gasteiger partial charge in [0.05, 0.1) is 6.10 Å². The number of benzene rings is 1. The first kappa shape index (κ1) is 17.6. The summed E-state index contributed by atoms with van der Waals surface area (Å²) < 4.78 is 32.3. The number of halogens is 2. The Kier molecular flexibility index (Phi) is 5.39. The lowest BCUT2D eigenvalue weighted by Crippen LogP contribution is -2.39. The Balaban J connectivity index is 1.52. The molecule has 3 heteroatoms. The van der Waals surface area contributed by atoms with Crippen LogP contribution in [0.4, 0.5) is 8.78 Å². The minimum Gasteiger partial charge on any atom is -0.317 e. The normalized spacial score (nSPS) is 30.0. The summed E-state index contributed by atoms with van der Waals surface area (Å²) in [5.41, 5.74) is 4.12. The standard InChI is InChI=1S/C21H28F2O/c1-15-3-9-18(10-4-15)19-11-6-17(7-12-19)8-14-20-13-5-16(2)21(22,23)24-20/h3,6-7,11-12,16,18,20H,4-5,8-10,13-14H2,1-2H3. The molecule has 0 spiro atoms. The topological polar surface area (TPSA) is 9.23 Å². The number of aryl methyl sites for hydroxylation is 1. The smallest absolute Gasteiger partial charge is 0.317 e. The van der Waals surface area contributed by atoms with E-state index in [1.165, 1.54) is 29.5 Å². The van der Waals surface area contributed by atoms with Crippen LogP contribution >= 0.6 is 0 Å². The van der Waals surface area contributed by atoms with Gasteiger partial charge >= 0.3 is 6.11 Å². The van der Waals surface area contributed by atoms with E-state index in [2.05, 4.69) is 37.3 Å². The predicted molar refractivity (Wildman–Crippen MR) is 93.3 cm³/mol. The molecule has 0 N–H and O–H groups in total. The van der Waals surface area contributed by atoms with Crippen molar-refractivity contribution in [1.82, 2.24) is 0 Å². The van der Waals surface area contributed by atoms with Crippen LogP contribution in [0.5, 0.6) is 0 Å². The highest BCUT2D eigenvalue weighted by Crippen LogP contribution is 2.38. The summed E-state index contributed by atoms with van der Waals surface area (Å²) in [5, 5.41) is 0. The molecule has 1 aliphatic heterocycles. The van der Waals surface area contributed by atoms with Crippen LogP contribution in [0.25, 0.3) is 0 Å². The van der Waals surface area contributed by atoms with Gasteiger partial charge in [0.25, 0.3) is 0 Å². The third-order valence-electron chi connectivity index (χ3n) is 5.66. The second kappa shape index (κ2) is 7.35. The van der Waals surface area contributed by atoms with Gasteiger partial charge in [-0.15, -0.1) is 0 Å². The summed E-state index contributed by atoms with van der Waals surface area (Å²) in [5.74, 6) is -0.0363. The highest BCUT2D eigenvalue weighted by molar-refractivity contribution is 5.27. The maximum Gasteiger partial charge on any atom is 0.358 e. The minimum absolute atomic E-state index is 0.317. The van der Waals surface area contributed by atoms with Gasteiger partial charge in [0, 0.05) is 5.92 Å². The first-order valence-electron chi connectivity index (χ1n) is 9.24. The lowest BCUT2D eigenvalue weighted by molar-refractivity contribution is -0.311. The van der Waals surface area contributed by atoms with Gasteiger partial charge in [-0.05, 0) is 68.9 Å². The zero-order chi connectivity index (χ0) is 17.2. The Morgan fingerprint density at radius 2 is 1.88 bits per heavy atom. The third kappa shape index (κ3) is 4.24. The highest BCUT2D eigenvalue weighted by Gasteiger charge is 2.43. The fourth-order valence-electron chi connectivity index (χ4n) is 3.76. The third-order valence-corrected chi connectivity index (χ3v) is 5.66. The molecule has 3 rings (SSSR count). The van der Waals surface area contributed by atoms with Gasteiger partial charge in [0.1, 0.15) is 0 Å². The Hall–Kier alpha value is -1.22. The van der Waals surface area contributed by atoms with Crippen molar-refractivity contribution in [2.24, 2.45) is 5.92 Å². The fourth-order valence-corrected chi connectivity index (χ4v) is 3.76. The van der Waals surface area contributed by atoms with E-state index >= 15 is 0 Å². The molecule has 132 valence electrons. The molecule has 1 aromatic carbocycles. The van der Waals surface area contributed by atoms with Crippen molar-refractivity contribution in [2.75, 3.05) is 0 Å². The second-order valence-corrected chi connectivity index (χ2v) is 7.58. The van der Waals surface area contributed by atoms with Gasteiger partial charge in [0.2, 0.25) is 0 Å². The van der Waals surface area contributed by atoms with E-state index in [1.807, 2.05) is 0 Å². The molecule has 0 amide bonds. The van der Waals surface area contributed by atoms with E-state index < -0.39 is 12.0 Å². The molecule has 2 aliphatic rings. The molecule has 1 fully saturated rings. The molecule has 0 bridgehead atoms. The van der Waals surface area contributed by atoms with Crippen LogP contribution in [0.1, 0.15) is 69.4 Å². The quantitative estimate of drug-likeness (QED) is 0.592. The van der Waals surface area contributed by atoms with Gasteiger partial charge in [0.15, 0.2) is 0 Å². The van der Waals surface area contributed by atoms with E-state index in [4.69, 9.17) is 4.74 Å². The van der Waals surface area contributed by atoms with E-state index in [1.54, 1.807) is 6.92 Å². The Labute approximate surface area is 144 Å². The van der Waals surface area contributed by atoms with Crippen molar-refractivity contribution in [1.29, 1.82) is 0 Å². The Morgan fingerprint density at radius 1 is 1.12 bits per heavy atom. The number of alkyl halides is 2. The molecule has 3 unspecified atom stereocenters. The summed E-state index contributed by atoms with van der Waals surface area (Å²) >= 11 is 0. The van der Waals surface area contributed by atoms with Crippen LogP contribution in [0.15, 0.2) is 35.9 Å². The van der Waals surface area contributed by atoms with Crippen molar-refractivity contribution in [3.63, 3.8) is 0 Å². The SMILES string of the molecule is CC1=CCC(c2ccc(CCC3CCC(C)C(F)(F)O3)cc2)CC1. The average Bonchev–Trinajstić information content (AvgIpc) is 2.57. The molecule has 0 radical (unpaired) electrons. The zero-order valence-electron chi connectivity index (χ0n) is 14.7. The average molecular weight is 334 g/mol. The number of hydrogen-bond donors (Lipinski definition) is 0. The molecule has 1 heterocycles. The summed E-state index contributed by atoms with van der Waals surface area (Å²) in [6, 6.07) is 8.74. The van der Waals surface area contributed by atoms with Crippen molar-refractivity contribution in [2.45, 2.75) is 76.9 Å².